The molecule has 0 unspecified atom stereocenters. The Morgan fingerprint density at radius 2 is 1.95 bits per heavy atom. The van der Waals surface area contributed by atoms with Crippen molar-refractivity contribution < 1.29 is 19.1 Å². The minimum atomic E-state index is -1.16. The van der Waals surface area contributed by atoms with E-state index in [2.05, 4.69) is 0 Å². The molecule has 0 fully saturated rings. The van der Waals surface area contributed by atoms with Crippen LogP contribution in [0.5, 0.6) is 0 Å². The lowest BCUT2D eigenvalue weighted by Crippen LogP contribution is -2.12. The first-order valence-electron chi connectivity index (χ1n) is 6.54. The molecule has 0 aliphatic carbocycles. The van der Waals surface area contributed by atoms with Crippen LogP contribution >= 0.6 is 11.6 Å². The highest BCUT2D eigenvalue weighted by atomic mass is 35.5. The predicted molar refractivity (Wildman–Crippen MR) is 80.4 cm³/mol. The topological polar surface area (TPSA) is 55.8 Å². The molecule has 0 spiro atoms. The highest BCUT2D eigenvalue weighted by Crippen LogP contribution is 2.08. The number of carbonyl (C=O) groups is 1. The van der Waals surface area contributed by atoms with Gasteiger partial charge < -0.3 is 14.3 Å². The van der Waals surface area contributed by atoms with Crippen LogP contribution in [0.1, 0.15) is 22.3 Å². The van der Waals surface area contributed by atoms with Crippen molar-refractivity contribution in [1.82, 2.24) is 0 Å². The molecular weight excluding hydrogens is 296 g/mol. The maximum absolute atomic E-state index is 11.7. The molecule has 0 saturated heterocycles. The molecule has 0 aliphatic rings. The van der Waals surface area contributed by atoms with Crippen molar-refractivity contribution in [1.29, 1.82) is 0 Å². The molecule has 6 heteroatoms. The summed E-state index contributed by atoms with van der Waals surface area (Å²) in [5.74, 6) is 0.0710. The van der Waals surface area contributed by atoms with Crippen LogP contribution in [-0.4, -0.2) is 39.6 Å². The van der Waals surface area contributed by atoms with E-state index in [0.717, 1.165) is 18.0 Å². The first kappa shape index (κ1) is 17.2. The van der Waals surface area contributed by atoms with Gasteiger partial charge in [0, 0.05) is 12.5 Å². The van der Waals surface area contributed by atoms with Crippen LogP contribution in [0.25, 0.3) is 0 Å². The van der Waals surface area contributed by atoms with Gasteiger partial charge in [-0.25, -0.2) is 4.79 Å². The van der Waals surface area contributed by atoms with Crippen LogP contribution in [0.2, 0.25) is 12.6 Å². The van der Waals surface area contributed by atoms with Crippen LogP contribution in [0.15, 0.2) is 24.3 Å². The van der Waals surface area contributed by atoms with Gasteiger partial charge in [-0.15, -0.1) is 11.6 Å². The number of benzene rings is 1. The third kappa shape index (κ3) is 7.05. The number of carbonyl (C=O) groups excluding carboxylic acids is 1. The summed E-state index contributed by atoms with van der Waals surface area (Å²) in [6, 6.07) is 7.83. The van der Waals surface area contributed by atoms with Crippen LogP contribution in [0.4, 0.5) is 0 Å². The molecule has 0 bridgehead atoms. The Kier molecular flexibility index (Phi) is 8.53. The van der Waals surface area contributed by atoms with Gasteiger partial charge in [0.05, 0.1) is 12.2 Å². The van der Waals surface area contributed by atoms with Crippen molar-refractivity contribution in [2.24, 2.45) is 0 Å². The lowest BCUT2D eigenvalue weighted by Gasteiger charge is -2.07. The number of hydrogen-bond acceptors (Lipinski definition) is 4. The van der Waals surface area contributed by atoms with Crippen molar-refractivity contribution in [3.8, 4) is 0 Å². The van der Waals surface area contributed by atoms with E-state index in [1.165, 1.54) is 0 Å². The Hall–Kier alpha value is -0.883. The van der Waals surface area contributed by atoms with Gasteiger partial charge in [-0.05, 0) is 36.7 Å². The Morgan fingerprint density at radius 1 is 1.25 bits per heavy atom. The molecular formula is C14H20ClO4Si. The smallest absolute Gasteiger partial charge is 0.338 e. The van der Waals surface area contributed by atoms with Crippen molar-refractivity contribution in [3.05, 3.63) is 35.4 Å². The average Bonchev–Trinajstić information content (AvgIpc) is 2.45. The summed E-state index contributed by atoms with van der Waals surface area (Å²) in [6.07, 6.45) is 0.842. The van der Waals surface area contributed by atoms with E-state index in [0.29, 0.717) is 24.7 Å². The van der Waals surface area contributed by atoms with Gasteiger partial charge >= 0.3 is 5.97 Å². The third-order valence-corrected chi connectivity index (χ3v) is 4.02. The Morgan fingerprint density at radius 3 is 2.55 bits per heavy atom. The number of alkyl halides is 1. The first-order chi connectivity index (χ1) is 9.63. The zero-order chi connectivity index (χ0) is 14.8. The lowest BCUT2D eigenvalue weighted by atomic mass is 10.1. The van der Waals surface area contributed by atoms with Crippen LogP contribution in [0, 0.1) is 0 Å². The summed E-state index contributed by atoms with van der Waals surface area (Å²) in [6.45, 7) is 3.05. The Labute approximate surface area is 126 Å². The van der Waals surface area contributed by atoms with Crippen LogP contribution < -0.4 is 0 Å². The normalized spacial score (nSPS) is 10.8. The summed E-state index contributed by atoms with van der Waals surface area (Å²) in [5, 5.41) is 0. The van der Waals surface area contributed by atoms with E-state index in [-0.39, 0.29) is 12.6 Å². The number of halogens is 1. The van der Waals surface area contributed by atoms with E-state index in [1.807, 2.05) is 6.55 Å². The summed E-state index contributed by atoms with van der Waals surface area (Å²) in [4.78, 5) is 20.8. The second kappa shape index (κ2) is 9.93. The average molecular weight is 316 g/mol. The van der Waals surface area contributed by atoms with Gasteiger partial charge in [0.25, 0.3) is 0 Å². The standard InChI is InChI=1S/C14H20ClO4Si/c1-20(17)10-2-7-18-8-9-19-14(16)13-5-3-12(11-15)4-6-13/h3-6,17H,2,7-11H2,1H3. The summed E-state index contributed by atoms with van der Waals surface area (Å²) >= 11 is 5.68. The van der Waals surface area contributed by atoms with E-state index >= 15 is 0 Å². The van der Waals surface area contributed by atoms with Crippen molar-refractivity contribution in [2.45, 2.75) is 24.9 Å². The van der Waals surface area contributed by atoms with Crippen molar-refractivity contribution >= 4 is 26.6 Å². The van der Waals surface area contributed by atoms with Crippen molar-refractivity contribution in [3.63, 3.8) is 0 Å². The minimum absolute atomic E-state index is 0.235. The van der Waals surface area contributed by atoms with Gasteiger partial charge in [0.2, 0.25) is 9.04 Å². The molecule has 1 rings (SSSR count). The van der Waals surface area contributed by atoms with E-state index in [4.69, 9.17) is 25.9 Å². The Balaban J connectivity index is 2.13. The highest BCUT2D eigenvalue weighted by molar-refractivity contribution is 6.48. The molecule has 1 aromatic rings. The maximum atomic E-state index is 11.7. The molecule has 0 atom stereocenters. The highest BCUT2D eigenvalue weighted by Gasteiger charge is 2.06. The second-order valence-electron chi connectivity index (χ2n) is 4.42. The SMILES string of the molecule is C[Si](O)CCCOCCOC(=O)c1ccc(CCl)cc1. The fourth-order valence-corrected chi connectivity index (χ4v) is 2.37. The molecule has 4 nitrogen and oxygen atoms in total. The predicted octanol–water partition coefficient (Wildman–Crippen LogP) is 2.60. The molecule has 1 N–H and O–H groups in total. The number of ether oxygens (including phenoxy) is 2. The lowest BCUT2D eigenvalue weighted by molar-refractivity contribution is 0.0318. The molecule has 111 valence electrons. The monoisotopic (exact) mass is 315 g/mol. The third-order valence-electron chi connectivity index (χ3n) is 2.63. The summed E-state index contributed by atoms with van der Waals surface area (Å²) in [5.41, 5.74) is 1.48. The second-order valence-corrected chi connectivity index (χ2v) is 6.66. The number of rotatable bonds is 9. The zero-order valence-electron chi connectivity index (χ0n) is 11.6. The van der Waals surface area contributed by atoms with Crippen LogP contribution in [0.3, 0.4) is 0 Å². The molecule has 0 aliphatic heterocycles. The Bertz CT molecular complexity index is 395. The quantitative estimate of drug-likeness (QED) is 0.329. The zero-order valence-corrected chi connectivity index (χ0v) is 13.4. The minimum Gasteiger partial charge on any atom is -0.460 e. The van der Waals surface area contributed by atoms with E-state index < -0.39 is 9.04 Å². The number of esters is 1. The summed E-state index contributed by atoms with van der Waals surface area (Å²) in [7, 11) is -1.16. The molecule has 1 radical (unpaired) electrons. The van der Waals surface area contributed by atoms with E-state index in [9.17, 15) is 4.79 Å². The number of hydrogen-bond donors (Lipinski definition) is 1. The van der Waals surface area contributed by atoms with Gasteiger partial charge in [0.15, 0.2) is 0 Å². The van der Waals surface area contributed by atoms with E-state index in [1.54, 1.807) is 24.3 Å². The fourth-order valence-electron chi connectivity index (χ4n) is 1.54. The molecule has 0 heterocycles. The largest absolute Gasteiger partial charge is 0.460 e. The van der Waals surface area contributed by atoms with Gasteiger partial charge in [-0.2, -0.15) is 0 Å². The molecule has 0 saturated carbocycles. The van der Waals surface area contributed by atoms with Gasteiger partial charge in [-0.3, -0.25) is 0 Å². The van der Waals surface area contributed by atoms with Gasteiger partial charge in [-0.1, -0.05) is 12.1 Å². The fraction of sp³-hybridized carbons (Fsp3) is 0.500. The molecule has 20 heavy (non-hydrogen) atoms. The molecule has 1 aromatic carbocycles. The first-order valence-corrected chi connectivity index (χ1v) is 9.23. The molecule has 0 aromatic heterocycles. The summed E-state index contributed by atoms with van der Waals surface area (Å²) < 4.78 is 10.4. The molecule has 0 amide bonds. The maximum Gasteiger partial charge on any atom is 0.338 e. The van der Waals surface area contributed by atoms with Crippen LogP contribution in [-0.2, 0) is 15.4 Å². The van der Waals surface area contributed by atoms with Crippen molar-refractivity contribution in [2.75, 3.05) is 19.8 Å². The van der Waals surface area contributed by atoms with Gasteiger partial charge in [0.1, 0.15) is 6.61 Å².